The van der Waals surface area contributed by atoms with Crippen molar-refractivity contribution in [3.05, 3.63) is 71.4 Å². The first-order valence-electron chi connectivity index (χ1n) is 7.94. The van der Waals surface area contributed by atoms with Crippen LogP contribution in [-0.2, 0) is 19.5 Å². The maximum absolute atomic E-state index is 5.45. The molecular weight excluding hydrogens is 286 g/mol. The third-order valence-corrected chi connectivity index (χ3v) is 4.29. The Morgan fingerprint density at radius 3 is 2.83 bits per heavy atom. The average molecular weight is 305 g/mol. The minimum Gasteiger partial charge on any atom is -0.468 e. The zero-order chi connectivity index (χ0) is 15.6. The molecule has 0 unspecified atom stereocenters. The van der Waals surface area contributed by atoms with E-state index in [4.69, 9.17) is 9.40 Å². The maximum atomic E-state index is 5.45. The molecule has 3 heterocycles. The molecule has 0 saturated heterocycles. The minimum atomic E-state index is 0.809. The van der Waals surface area contributed by atoms with Gasteiger partial charge in [-0.3, -0.25) is 4.90 Å². The van der Waals surface area contributed by atoms with E-state index in [2.05, 4.69) is 41.1 Å². The highest BCUT2D eigenvalue weighted by Gasteiger charge is 2.19. The van der Waals surface area contributed by atoms with Gasteiger partial charge in [-0.25, -0.2) is 9.97 Å². The second-order valence-corrected chi connectivity index (χ2v) is 6.07. The standard InChI is InChI=1S/C19H19N3O/c1-14-4-6-15(7-5-14)19-20-11-16-8-9-22(13-18(16)21-19)12-17-3-2-10-23-17/h2-7,10-11H,8-9,12-13H2,1H3. The Morgan fingerprint density at radius 1 is 1.17 bits per heavy atom. The first-order valence-corrected chi connectivity index (χ1v) is 7.94. The van der Waals surface area contributed by atoms with Gasteiger partial charge in [0.15, 0.2) is 5.82 Å². The molecule has 1 aliphatic heterocycles. The largest absolute Gasteiger partial charge is 0.468 e. The van der Waals surface area contributed by atoms with Crippen molar-refractivity contribution in [1.82, 2.24) is 14.9 Å². The van der Waals surface area contributed by atoms with Crippen LogP contribution in [0.15, 0.2) is 53.3 Å². The molecule has 1 aromatic carbocycles. The molecule has 0 spiro atoms. The summed E-state index contributed by atoms with van der Waals surface area (Å²) in [6, 6.07) is 12.3. The van der Waals surface area contributed by atoms with Gasteiger partial charge in [0, 0.05) is 24.8 Å². The fourth-order valence-corrected chi connectivity index (χ4v) is 2.96. The van der Waals surface area contributed by atoms with E-state index < -0.39 is 0 Å². The average Bonchev–Trinajstić information content (AvgIpc) is 3.08. The quantitative estimate of drug-likeness (QED) is 0.741. The number of aromatic nitrogens is 2. The summed E-state index contributed by atoms with van der Waals surface area (Å²) in [6.07, 6.45) is 4.71. The van der Waals surface area contributed by atoms with Crippen molar-refractivity contribution in [3.63, 3.8) is 0 Å². The zero-order valence-corrected chi connectivity index (χ0v) is 13.2. The lowest BCUT2D eigenvalue weighted by atomic mass is 10.1. The molecule has 0 bridgehead atoms. The van der Waals surface area contributed by atoms with E-state index in [0.717, 1.165) is 48.9 Å². The highest BCUT2D eigenvalue weighted by Crippen LogP contribution is 2.22. The summed E-state index contributed by atoms with van der Waals surface area (Å²) in [4.78, 5) is 11.7. The van der Waals surface area contributed by atoms with E-state index in [9.17, 15) is 0 Å². The van der Waals surface area contributed by atoms with Gasteiger partial charge in [0.05, 0.1) is 18.5 Å². The third kappa shape index (κ3) is 3.03. The topological polar surface area (TPSA) is 42.2 Å². The molecule has 1 aliphatic rings. The second kappa shape index (κ2) is 5.97. The Morgan fingerprint density at radius 2 is 2.04 bits per heavy atom. The van der Waals surface area contributed by atoms with Gasteiger partial charge in [-0.2, -0.15) is 0 Å². The number of furan rings is 1. The van der Waals surface area contributed by atoms with Crippen LogP contribution in [0.1, 0.15) is 22.6 Å². The molecular formula is C19H19N3O. The van der Waals surface area contributed by atoms with Crippen LogP contribution < -0.4 is 0 Å². The van der Waals surface area contributed by atoms with Crippen molar-refractivity contribution >= 4 is 0 Å². The Bertz CT molecular complexity index is 794. The predicted molar refractivity (Wildman–Crippen MR) is 88.7 cm³/mol. The Kier molecular flexibility index (Phi) is 3.67. The van der Waals surface area contributed by atoms with E-state index in [1.54, 1.807) is 6.26 Å². The van der Waals surface area contributed by atoms with E-state index >= 15 is 0 Å². The van der Waals surface area contributed by atoms with Gasteiger partial charge in [-0.1, -0.05) is 29.8 Å². The summed E-state index contributed by atoms with van der Waals surface area (Å²) in [6.45, 7) is 4.78. The van der Waals surface area contributed by atoms with Crippen LogP contribution in [0.5, 0.6) is 0 Å². The molecule has 0 radical (unpaired) electrons. The molecule has 2 aromatic heterocycles. The van der Waals surface area contributed by atoms with Gasteiger partial charge >= 0.3 is 0 Å². The summed E-state index contributed by atoms with van der Waals surface area (Å²) in [5, 5.41) is 0. The molecule has 0 atom stereocenters. The number of hydrogen-bond acceptors (Lipinski definition) is 4. The fourth-order valence-electron chi connectivity index (χ4n) is 2.96. The van der Waals surface area contributed by atoms with Crippen molar-refractivity contribution < 1.29 is 4.42 Å². The molecule has 0 aliphatic carbocycles. The number of aryl methyl sites for hydroxylation is 1. The van der Waals surface area contributed by atoms with Gasteiger partial charge in [0.25, 0.3) is 0 Å². The van der Waals surface area contributed by atoms with Crippen LogP contribution in [0.25, 0.3) is 11.4 Å². The normalized spacial score (nSPS) is 14.7. The van der Waals surface area contributed by atoms with Crippen LogP contribution in [-0.4, -0.2) is 21.4 Å². The van der Waals surface area contributed by atoms with Crippen LogP contribution >= 0.6 is 0 Å². The Balaban J connectivity index is 1.57. The lowest BCUT2D eigenvalue weighted by Gasteiger charge is -2.27. The third-order valence-electron chi connectivity index (χ3n) is 4.29. The molecule has 4 rings (SSSR count). The SMILES string of the molecule is Cc1ccc(-c2ncc3c(n2)CN(Cc2ccco2)CC3)cc1. The molecule has 0 saturated carbocycles. The highest BCUT2D eigenvalue weighted by atomic mass is 16.3. The second-order valence-electron chi connectivity index (χ2n) is 6.07. The van der Waals surface area contributed by atoms with E-state index in [-0.39, 0.29) is 0 Å². The lowest BCUT2D eigenvalue weighted by Crippen LogP contribution is -2.30. The van der Waals surface area contributed by atoms with Crippen LogP contribution in [0.3, 0.4) is 0 Å². The van der Waals surface area contributed by atoms with E-state index in [1.165, 1.54) is 11.1 Å². The summed E-state index contributed by atoms with van der Waals surface area (Å²) in [7, 11) is 0. The van der Waals surface area contributed by atoms with Gasteiger partial charge in [0.2, 0.25) is 0 Å². The summed E-state index contributed by atoms with van der Waals surface area (Å²) in [5.41, 5.74) is 4.71. The summed E-state index contributed by atoms with van der Waals surface area (Å²) in [5.74, 6) is 1.81. The van der Waals surface area contributed by atoms with E-state index in [1.807, 2.05) is 18.3 Å². The molecule has 0 fully saturated rings. The number of benzene rings is 1. The first-order chi connectivity index (χ1) is 11.3. The molecule has 0 N–H and O–H groups in total. The van der Waals surface area contributed by atoms with Gasteiger partial charge in [-0.15, -0.1) is 0 Å². The molecule has 4 nitrogen and oxygen atoms in total. The van der Waals surface area contributed by atoms with Crippen molar-refractivity contribution in [1.29, 1.82) is 0 Å². The van der Waals surface area contributed by atoms with Gasteiger partial charge < -0.3 is 4.42 Å². The Labute approximate surface area is 135 Å². The minimum absolute atomic E-state index is 0.809. The maximum Gasteiger partial charge on any atom is 0.159 e. The van der Waals surface area contributed by atoms with Crippen LogP contribution in [0, 0.1) is 6.92 Å². The van der Waals surface area contributed by atoms with Crippen LogP contribution in [0.4, 0.5) is 0 Å². The monoisotopic (exact) mass is 305 g/mol. The molecule has 23 heavy (non-hydrogen) atoms. The van der Waals surface area contributed by atoms with E-state index in [0.29, 0.717) is 0 Å². The molecule has 3 aromatic rings. The molecule has 0 amide bonds. The predicted octanol–water partition coefficient (Wildman–Crippen LogP) is 3.60. The lowest BCUT2D eigenvalue weighted by molar-refractivity contribution is 0.222. The molecule has 4 heteroatoms. The molecule has 116 valence electrons. The number of nitrogens with zero attached hydrogens (tertiary/aromatic N) is 3. The number of rotatable bonds is 3. The van der Waals surface area contributed by atoms with Crippen molar-refractivity contribution in [2.45, 2.75) is 26.4 Å². The van der Waals surface area contributed by atoms with Crippen molar-refractivity contribution in [2.24, 2.45) is 0 Å². The Hall–Kier alpha value is -2.46. The fraction of sp³-hybridized carbons (Fsp3) is 0.263. The van der Waals surface area contributed by atoms with Crippen molar-refractivity contribution in [2.75, 3.05) is 6.54 Å². The van der Waals surface area contributed by atoms with Gasteiger partial charge in [0.1, 0.15) is 5.76 Å². The first kappa shape index (κ1) is 14.2. The smallest absolute Gasteiger partial charge is 0.159 e. The summed E-state index contributed by atoms with van der Waals surface area (Å²) < 4.78 is 5.45. The zero-order valence-electron chi connectivity index (χ0n) is 13.2. The van der Waals surface area contributed by atoms with Crippen LogP contribution in [0.2, 0.25) is 0 Å². The summed E-state index contributed by atoms with van der Waals surface area (Å²) >= 11 is 0. The number of fused-ring (bicyclic) bond motifs is 1. The van der Waals surface area contributed by atoms with Crippen molar-refractivity contribution in [3.8, 4) is 11.4 Å². The highest BCUT2D eigenvalue weighted by molar-refractivity contribution is 5.55. The van der Waals surface area contributed by atoms with Gasteiger partial charge in [-0.05, 0) is 31.0 Å². The number of hydrogen-bond donors (Lipinski definition) is 0.